The smallest absolute Gasteiger partial charge is 0.343 e. The monoisotopic (exact) mass is 1250 g/mol. The van der Waals surface area contributed by atoms with Crippen molar-refractivity contribution >= 4 is 59.2 Å². The third-order valence-corrected chi connectivity index (χ3v) is 14.5. The van der Waals surface area contributed by atoms with Gasteiger partial charge in [0.25, 0.3) is 5.56 Å². The second-order valence-electron chi connectivity index (χ2n) is 19.7. The first-order chi connectivity index (χ1) is 37.6. The maximum absolute atomic E-state index is 13.9. The van der Waals surface area contributed by atoms with Crippen LogP contribution in [0.4, 0.5) is 0 Å². The third-order valence-electron chi connectivity index (χ3n) is 14.3. The first kappa shape index (κ1) is 60.5. The van der Waals surface area contributed by atoms with Crippen molar-refractivity contribution in [1.29, 1.82) is 0 Å². The van der Waals surface area contributed by atoms with Crippen LogP contribution in [0.2, 0.25) is 0 Å². The van der Waals surface area contributed by atoms with Crippen molar-refractivity contribution in [3.63, 3.8) is 0 Å². The van der Waals surface area contributed by atoms with Gasteiger partial charge in [-0.2, -0.15) is 0 Å². The Labute approximate surface area is 493 Å². The molecule has 425 valence electrons. The van der Waals surface area contributed by atoms with E-state index in [2.05, 4.69) is 60.3 Å². The second kappa shape index (κ2) is 27.8. The number of unbranched alkanes of at least 4 members (excludes halogenated alkanes) is 3. The number of aromatic nitrogens is 7. The minimum Gasteiger partial charge on any atom is -0.740 e. The van der Waals surface area contributed by atoms with Crippen molar-refractivity contribution in [1.82, 2.24) is 60.7 Å². The molecule has 1 aromatic carbocycles. The average molecular weight is 1250 g/mol. The summed E-state index contributed by atoms with van der Waals surface area (Å²) in [6, 6.07) is 3.38. The maximum Gasteiger partial charge on any atom is 0.343 e. The predicted octanol–water partition coefficient (Wildman–Crippen LogP) is 3.38. The van der Waals surface area contributed by atoms with Gasteiger partial charge >= 0.3 is 5.97 Å². The molecule has 0 saturated heterocycles. The quantitative estimate of drug-likeness (QED) is 0.0162. The van der Waals surface area contributed by atoms with Crippen LogP contribution in [0.15, 0.2) is 52.8 Å². The zero-order chi connectivity index (χ0) is 55.5. The van der Waals surface area contributed by atoms with Crippen molar-refractivity contribution in [2.45, 2.75) is 129 Å². The van der Waals surface area contributed by atoms with Crippen molar-refractivity contribution < 1.29 is 86.6 Å². The second-order valence-corrected chi connectivity index (χ2v) is 20.1. The topological polar surface area (TPSA) is 285 Å². The Balaban J connectivity index is 0.00000903. The molecule has 25 heteroatoms. The van der Waals surface area contributed by atoms with E-state index in [-0.39, 0.29) is 119 Å². The van der Waals surface area contributed by atoms with E-state index < -0.39 is 46.9 Å². The number of hydrogen-bond donors (Lipinski definition) is 5. The molecule has 0 spiro atoms. The molecule has 0 saturated carbocycles. The molecular formula is C54H67N12O11STb-. The summed E-state index contributed by atoms with van der Waals surface area (Å²) in [5.74, 6) is -1.87. The zero-order valence-electron chi connectivity index (χ0n) is 44.9. The minimum atomic E-state index is -1.98. The van der Waals surface area contributed by atoms with Crippen LogP contribution in [-0.2, 0) is 71.4 Å². The van der Waals surface area contributed by atoms with E-state index in [9.17, 15) is 33.9 Å². The number of ether oxygens (including phenoxy) is 4. The molecular weight excluding hydrogens is 1180 g/mol. The van der Waals surface area contributed by atoms with E-state index in [1.165, 1.54) is 0 Å². The molecule has 3 aliphatic heterocycles. The first-order valence-electron chi connectivity index (χ1n) is 26.6. The van der Waals surface area contributed by atoms with Crippen LogP contribution >= 0.6 is 0 Å². The molecule has 3 aliphatic rings. The summed E-state index contributed by atoms with van der Waals surface area (Å²) in [4.78, 5) is 95.6. The zero-order valence-corrected chi connectivity index (χ0v) is 47.9. The van der Waals surface area contributed by atoms with E-state index in [1.807, 2.05) is 26.0 Å². The number of aryl methyl sites for hydroxylation is 1. The van der Waals surface area contributed by atoms with Gasteiger partial charge in [-0.25, -0.2) is 9.78 Å². The maximum atomic E-state index is 13.9. The van der Waals surface area contributed by atoms with Gasteiger partial charge in [-0.3, -0.25) is 38.6 Å². The van der Waals surface area contributed by atoms with Crippen LogP contribution in [0.25, 0.3) is 39.6 Å². The van der Waals surface area contributed by atoms with Gasteiger partial charge in [0.05, 0.1) is 48.4 Å². The molecule has 8 rings (SSSR count). The fourth-order valence-electron chi connectivity index (χ4n) is 9.73. The third kappa shape index (κ3) is 14.4. The molecule has 3 atom stereocenters. The van der Waals surface area contributed by atoms with E-state index in [0.717, 1.165) is 55.4 Å². The Hall–Kier alpha value is -6.12. The molecule has 4 amide bonds. The van der Waals surface area contributed by atoms with Crippen LogP contribution in [0, 0.1) is 44.5 Å². The molecule has 1 radical (unpaired) electrons. The number of carbonyl (C=O) groups is 5. The molecule has 7 heterocycles. The Kier molecular flexibility index (Phi) is 21.3. The summed E-state index contributed by atoms with van der Waals surface area (Å²) in [6.07, 6.45) is 12.6. The van der Waals surface area contributed by atoms with Crippen molar-refractivity contribution in [3.8, 4) is 34.1 Å². The number of carbonyl (C=O) groups excluding carboxylic acids is 5. The standard InChI is InChI=1S/C54H68N12O11S.Tb/c1-6-54(73)38-22-42-48-36(27-66(42)51(71)37(38)29-75-52(54)72)34(35-21-43-44(77-31-76-43)23-40(35)59-48)15-14-20-74-30-58-46(68)26-55-49(69)39(16-11-13-18-64(7-2)8-3)60-50(70)47(32(4)5)61-45(67)17-10-9-12-19-65-28-41(62-63-65)33-24-56-53(78)57-25-33;/h14-15,21-25,28,32,39,47,73H,6-13,16-20,26-27,29-31H2,1-5H3,(H,55,69)(H,58,68)(H,60,70)(H,61,67)(H,56,57,78);/p-1/b15-14+;/t39-,47-,54-;/m0./s1. The summed E-state index contributed by atoms with van der Waals surface area (Å²) in [5, 5.41) is 31.8. The summed E-state index contributed by atoms with van der Waals surface area (Å²) < 4.78 is 25.6. The molecule has 0 fully saturated rings. The number of esters is 1. The van der Waals surface area contributed by atoms with E-state index >= 15 is 0 Å². The molecule has 4 aromatic heterocycles. The summed E-state index contributed by atoms with van der Waals surface area (Å²) in [6.45, 7) is 12.1. The number of benzene rings is 1. The Morgan fingerprint density at radius 1 is 0.924 bits per heavy atom. The summed E-state index contributed by atoms with van der Waals surface area (Å²) in [5.41, 5.74) is 2.37. The van der Waals surface area contributed by atoms with Crippen LogP contribution in [0.3, 0.4) is 0 Å². The number of cyclic esters (lactones) is 1. The van der Waals surface area contributed by atoms with Gasteiger partial charge < -0.3 is 67.4 Å². The summed E-state index contributed by atoms with van der Waals surface area (Å²) >= 11 is 4.95. The van der Waals surface area contributed by atoms with Gasteiger partial charge in [-0.05, 0) is 81.8 Å². The van der Waals surface area contributed by atoms with E-state index in [0.29, 0.717) is 65.5 Å². The number of rotatable bonds is 27. The number of amides is 4. The SMILES string of the molecule is CCN(CC)CCCC[C@H](NC(=O)[C@@H](NC(=O)CCCCCn1cc(-c2cnc([S-])nc2)nn1)C(C)C)C(=O)NCC(=O)NCOC/C=C/c1c2c(nc3cc4c(cc13)OCO4)-c1cc3c(c(=O)n1C2)COC(=O)[C@]3(O)CC.[Tb]. The number of pyridine rings is 2. The van der Waals surface area contributed by atoms with E-state index in [1.54, 1.807) is 53.0 Å². The van der Waals surface area contributed by atoms with Gasteiger partial charge in [0.2, 0.25) is 30.4 Å². The molecule has 0 aliphatic carbocycles. The number of fused-ring (bicyclic) bond motifs is 6. The normalized spacial score (nSPS) is 15.8. The van der Waals surface area contributed by atoms with Crippen LogP contribution in [0.1, 0.15) is 108 Å². The summed E-state index contributed by atoms with van der Waals surface area (Å²) in [7, 11) is 0. The number of nitrogens with zero attached hydrogens (tertiary/aromatic N) is 8. The predicted molar refractivity (Wildman–Crippen MR) is 287 cm³/mol. The molecule has 5 N–H and O–H groups in total. The van der Waals surface area contributed by atoms with Crippen molar-refractivity contribution in [2.24, 2.45) is 5.92 Å². The molecule has 0 bridgehead atoms. The van der Waals surface area contributed by atoms with Crippen molar-refractivity contribution in [3.05, 3.63) is 75.5 Å². The average Bonchev–Trinajstić information content (AvgIpc) is 4.23. The Morgan fingerprint density at radius 2 is 1.68 bits per heavy atom. The fraction of sp³-hybridized carbons (Fsp3) is 0.500. The largest absolute Gasteiger partial charge is 0.740 e. The Bertz CT molecular complexity index is 3110. The first-order valence-corrected chi connectivity index (χ1v) is 27.0. The number of nitrogens with one attached hydrogen (secondary N) is 4. The molecule has 0 unspecified atom stereocenters. The van der Waals surface area contributed by atoms with E-state index in [4.69, 9.17) is 36.6 Å². The van der Waals surface area contributed by atoms with Gasteiger partial charge in [0, 0.05) is 97.3 Å². The fourth-order valence-corrected chi connectivity index (χ4v) is 9.83. The number of hydrogen-bond acceptors (Lipinski definition) is 18. The number of aliphatic hydroxyl groups is 1. The van der Waals surface area contributed by atoms with Gasteiger partial charge in [0.15, 0.2) is 17.1 Å². The van der Waals surface area contributed by atoms with Crippen LogP contribution < -0.4 is 36.3 Å². The Morgan fingerprint density at radius 3 is 2.42 bits per heavy atom. The van der Waals surface area contributed by atoms with Crippen LogP contribution in [0.5, 0.6) is 11.5 Å². The molecule has 23 nitrogen and oxygen atoms in total. The molecule has 5 aromatic rings. The van der Waals surface area contributed by atoms with Gasteiger partial charge in [-0.1, -0.05) is 58.4 Å². The van der Waals surface area contributed by atoms with Gasteiger partial charge in [0.1, 0.15) is 31.1 Å². The van der Waals surface area contributed by atoms with Gasteiger partial charge in [-0.15, -0.1) is 5.10 Å². The van der Waals surface area contributed by atoms with Crippen molar-refractivity contribution in [2.75, 3.05) is 46.3 Å². The molecule has 79 heavy (non-hydrogen) atoms. The minimum absolute atomic E-state index is 0. The van der Waals surface area contributed by atoms with Crippen LogP contribution in [-0.4, -0.2) is 133 Å².